The number of hydrogen-bond donors (Lipinski definition) is 2. The van der Waals surface area contributed by atoms with E-state index in [4.69, 9.17) is 0 Å². The fourth-order valence-corrected chi connectivity index (χ4v) is 1.92. The van der Waals surface area contributed by atoms with E-state index in [9.17, 15) is 0 Å². The van der Waals surface area contributed by atoms with Gasteiger partial charge in [-0.05, 0) is 41.5 Å². The second kappa shape index (κ2) is 8.19. The van der Waals surface area contributed by atoms with Crippen molar-refractivity contribution in [1.82, 2.24) is 9.97 Å². The lowest BCUT2D eigenvalue weighted by molar-refractivity contribution is 1.23. The Bertz CT molecular complexity index is 748. The second-order valence-corrected chi connectivity index (χ2v) is 4.84. The van der Waals surface area contributed by atoms with Crippen molar-refractivity contribution < 1.29 is 0 Å². The van der Waals surface area contributed by atoms with Gasteiger partial charge in [-0.1, -0.05) is 30.3 Å². The maximum absolute atomic E-state index is 4.17. The number of pyridine rings is 2. The summed E-state index contributed by atoms with van der Waals surface area (Å²) in [6, 6.07) is 19.1. The van der Waals surface area contributed by atoms with Crippen LogP contribution >= 0.6 is 0 Å². The van der Waals surface area contributed by atoms with Crippen LogP contribution in [0, 0.1) is 0 Å². The van der Waals surface area contributed by atoms with Gasteiger partial charge in [-0.15, -0.1) is 0 Å². The zero-order valence-electron chi connectivity index (χ0n) is 12.9. The van der Waals surface area contributed by atoms with Crippen LogP contribution < -0.4 is 10.9 Å². The predicted octanol–water partition coefficient (Wildman–Crippen LogP) is 3.37. The lowest BCUT2D eigenvalue weighted by Crippen LogP contribution is -1.94. The summed E-state index contributed by atoms with van der Waals surface area (Å²) in [5.74, 6) is 1.40. The van der Waals surface area contributed by atoms with E-state index in [1.54, 1.807) is 24.8 Å². The van der Waals surface area contributed by atoms with E-state index in [-0.39, 0.29) is 0 Å². The highest BCUT2D eigenvalue weighted by Crippen LogP contribution is 2.04. The molecule has 2 N–H and O–H groups in total. The minimum atomic E-state index is 0.700. The summed E-state index contributed by atoms with van der Waals surface area (Å²) in [6.45, 7) is 0. The lowest BCUT2D eigenvalue weighted by atomic mass is 10.1. The molecular weight excluding hydrogens is 300 g/mol. The van der Waals surface area contributed by atoms with E-state index in [0.717, 1.165) is 11.1 Å². The van der Waals surface area contributed by atoms with Gasteiger partial charge in [0, 0.05) is 12.4 Å². The molecule has 0 bridgehead atoms. The molecule has 118 valence electrons. The Morgan fingerprint density at radius 2 is 1.21 bits per heavy atom. The third kappa shape index (κ3) is 4.74. The van der Waals surface area contributed by atoms with Crippen LogP contribution in [0.2, 0.25) is 0 Å². The summed E-state index contributed by atoms with van der Waals surface area (Å²) in [5.41, 5.74) is 7.68. The van der Waals surface area contributed by atoms with Crippen LogP contribution in [0.15, 0.2) is 83.3 Å². The molecule has 0 amide bonds. The van der Waals surface area contributed by atoms with E-state index < -0.39 is 0 Å². The Balaban J connectivity index is 1.59. The number of anilines is 2. The second-order valence-electron chi connectivity index (χ2n) is 4.84. The summed E-state index contributed by atoms with van der Waals surface area (Å²) >= 11 is 0. The van der Waals surface area contributed by atoms with E-state index >= 15 is 0 Å². The van der Waals surface area contributed by atoms with Gasteiger partial charge in [0.2, 0.25) is 0 Å². The van der Waals surface area contributed by atoms with Gasteiger partial charge in [0.05, 0.1) is 12.4 Å². The quantitative estimate of drug-likeness (QED) is 0.540. The van der Waals surface area contributed by atoms with E-state index in [1.165, 1.54) is 0 Å². The fourth-order valence-electron chi connectivity index (χ4n) is 1.92. The van der Waals surface area contributed by atoms with Crippen LogP contribution in [0.25, 0.3) is 0 Å². The number of rotatable bonds is 6. The Hall–Kier alpha value is -3.54. The van der Waals surface area contributed by atoms with Gasteiger partial charge >= 0.3 is 0 Å². The topological polar surface area (TPSA) is 74.6 Å². The molecule has 0 fully saturated rings. The van der Waals surface area contributed by atoms with Gasteiger partial charge < -0.3 is 0 Å². The Morgan fingerprint density at radius 3 is 1.67 bits per heavy atom. The van der Waals surface area contributed by atoms with Crippen molar-refractivity contribution in [3.05, 3.63) is 84.2 Å². The number of aromatic nitrogens is 2. The first-order valence-corrected chi connectivity index (χ1v) is 7.40. The molecule has 0 radical (unpaired) electrons. The first-order chi connectivity index (χ1) is 11.9. The monoisotopic (exact) mass is 316 g/mol. The summed E-state index contributed by atoms with van der Waals surface area (Å²) in [7, 11) is 0. The first kappa shape index (κ1) is 15.4. The van der Waals surface area contributed by atoms with E-state index in [1.807, 2.05) is 60.7 Å². The summed E-state index contributed by atoms with van der Waals surface area (Å²) in [5, 5.41) is 8.35. The van der Waals surface area contributed by atoms with Gasteiger partial charge in [0.1, 0.15) is 11.6 Å². The molecule has 0 saturated heterocycles. The largest absolute Gasteiger partial charge is 0.261 e. The first-order valence-electron chi connectivity index (χ1n) is 7.40. The van der Waals surface area contributed by atoms with Gasteiger partial charge in [-0.2, -0.15) is 10.2 Å². The zero-order chi connectivity index (χ0) is 16.5. The summed E-state index contributed by atoms with van der Waals surface area (Å²) < 4.78 is 0. The molecule has 6 heteroatoms. The highest BCUT2D eigenvalue weighted by Gasteiger charge is 1.92. The van der Waals surface area contributed by atoms with Crippen molar-refractivity contribution in [3.63, 3.8) is 0 Å². The van der Waals surface area contributed by atoms with Gasteiger partial charge in [0.25, 0.3) is 0 Å². The van der Waals surface area contributed by atoms with Gasteiger partial charge in [-0.3, -0.25) is 10.9 Å². The number of benzene rings is 1. The number of nitrogens with zero attached hydrogens (tertiary/aromatic N) is 4. The molecule has 1 aromatic carbocycles. The number of hydrazone groups is 2. The molecule has 2 aromatic heterocycles. The van der Waals surface area contributed by atoms with E-state index in [0.29, 0.717) is 11.6 Å². The average molecular weight is 316 g/mol. The molecule has 0 aliphatic heterocycles. The molecule has 3 aromatic rings. The fraction of sp³-hybridized carbons (Fsp3) is 0. The molecule has 0 spiro atoms. The SMILES string of the molecule is C(=N/Nc1ccccn1)/c1cccc(/C=N\Nc2ccccn2)c1. The standard InChI is InChI=1S/C18H16N6/c1-3-10-19-17(8-1)23-21-13-15-6-5-7-16(12-15)14-22-24-18-9-2-4-11-20-18/h1-14H,(H,19,23)(H,20,24)/b21-13-,22-14-. The van der Waals surface area contributed by atoms with Crippen molar-refractivity contribution in [3.8, 4) is 0 Å². The number of hydrogen-bond acceptors (Lipinski definition) is 6. The minimum absolute atomic E-state index is 0.700. The van der Waals surface area contributed by atoms with Crippen LogP contribution in [0.4, 0.5) is 11.6 Å². The smallest absolute Gasteiger partial charge is 0.146 e. The van der Waals surface area contributed by atoms with E-state index in [2.05, 4.69) is 31.0 Å². The predicted molar refractivity (Wildman–Crippen MR) is 97.3 cm³/mol. The van der Waals surface area contributed by atoms with Crippen LogP contribution in [-0.2, 0) is 0 Å². The highest BCUT2D eigenvalue weighted by atomic mass is 15.3. The Labute approximate surface area is 140 Å². The van der Waals surface area contributed by atoms with Crippen LogP contribution in [-0.4, -0.2) is 22.4 Å². The normalized spacial score (nSPS) is 11.0. The average Bonchev–Trinajstić information content (AvgIpc) is 2.64. The molecule has 0 atom stereocenters. The molecule has 0 unspecified atom stereocenters. The van der Waals surface area contributed by atoms with Gasteiger partial charge in [-0.25, -0.2) is 9.97 Å². The highest BCUT2D eigenvalue weighted by molar-refractivity contribution is 5.86. The molecule has 0 aliphatic rings. The molecule has 6 nitrogen and oxygen atoms in total. The molecule has 0 saturated carbocycles. The van der Waals surface area contributed by atoms with Crippen molar-refractivity contribution in [2.24, 2.45) is 10.2 Å². The Kier molecular flexibility index (Phi) is 5.24. The maximum Gasteiger partial charge on any atom is 0.146 e. The van der Waals surface area contributed by atoms with Crippen molar-refractivity contribution in [2.75, 3.05) is 10.9 Å². The van der Waals surface area contributed by atoms with Crippen LogP contribution in [0.5, 0.6) is 0 Å². The minimum Gasteiger partial charge on any atom is -0.261 e. The zero-order valence-corrected chi connectivity index (χ0v) is 12.9. The molecular formula is C18H16N6. The summed E-state index contributed by atoms with van der Waals surface area (Å²) in [4.78, 5) is 8.27. The third-order valence-electron chi connectivity index (χ3n) is 3.03. The Morgan fingerprint density at radius 1 is 0.667 bits per heavy atom. The van der Waals surface area contributed by atoms with Crippen molar-refractivity contribution in [1.29, 1.82) is 0 Å². The summed E-state index contributed by atoms with van der Waals surface area (Å²) in [6.07, 6.45) is 6.89. The molecule has 2 heterocycles. The van der Waals surface area contributed by atoms with Crippen LogP contribution in [0.1, 0.15) is 11.1 Å². The lowest BCUT2D eigenvalue weighted by Gasteiger charge is -1.99. The maximum atomic E-state index is 4.17. The molecule has 24 heavy (non-hydrogen) atoms. The van der Waals surface area contributed by atoms with Crippen LogP contribution in [0.3, 0.4) is 0 Å². The van der Waals surface area contributed by atoms with Gasteiger partial charge in [0.15, 0.2) is 0 Å². The molecule has 0 aliphatic carbocycles. The molecule has 3 rings (SSSR count). The van der Waals surface area contributed by atoms with Crippen molar-refractivity contribution >= 4 is 24.1 Å². The third-order valence-corrected chi connectivity index (χ3v) is 3.03. The van der Waals surface area contributed by atoms with Crippen molar-refractivity contribution in [2.45, 2.75) is 0 Å². The number of nitrogens with one attached hydrogen (secondary N) is 2.